The fourth-order valence-electron chi connectivity index (χ4n) is 0.211. The van der Waals surface area contributed by atoms with Crippen LogP contribution < -0.4 is 0 Å². The lowest BCUT2D eigenvalue weighted by Crippen LogP contribution is -2.28. The van der Waals surface area contributed by atoms with Gasteiger partial charge in [-0.1, -0.05) is 0 Å². The Hall–Kier alpha value is -0.120. The quantitative estimate of drug-likeness (QED) is 0.479. The largest absolute Gasteiger partial charge is 0.356 e. The predicted octanol–water partition coefficient (Wildman–Crippen LogP) is -0.530. The average molecular weight is 105 g/mol. The van der Waals surface area contributed by atoms with Crippen molar-refractivity contribution in [3.05, 3.63) is 0 Å². The summed E-state index contributed by atoms with van der Waals surface area (Å²) < 4.78 is 4.49. The number of ether oxygens (including phenoxy) is 1. The molecule has 0 aliphatic rings. The Labute approximate surface area is 43.5 Å². The highest BCUT2D eigenvalue weighted by Crippen LogP contribution is 1.84. The Kier molecular flexibility index (Phi) is 2.91. The van der Waals surface area contributed by atoms with Gasteiger partial charge >= 0.3 is 0 Å². The Bertz CT molecular complexity index is 47.0. The standard InChI is InChI=1S/C4H11NO2/c1-5(2)4(6)7-3/h4,6H,1-3H3. The van der Waals surface area contributed by atoms with Gasteiger partial charge in [-0.25, -0.2) is 0 Å². The van der Waals surface area contributed by atoms with Crippen molar-refractivity contribution in [1.82, 2.24) is 4.90 Å². The van der Waals surface area contributed by atoms with E-state index in [0.717, 1.165) is 0 Å². The van der Waals surface area contributed by atoms with Crippen molar-refractivity contribution in [1.29, 1.82) is 0 Å². The maximum atomic E-state index is 8.64. The zero-order chi connectivity index (χ0) is 5.86. The van der Waals surface area contributed by atoms with Gasteiger partial charge in [-0.15, -0.1) is 0 Å². The summed E-state index contributed by atoms with van der Waals surface area (Å²) in [5.41, 5.74) is 0. The third kappa shape index (κ3) is 2.56. The van der Waals surface area contributed by atoms with Gasteiger partial charge in [0, 0.05) is 7.11 Å². The van der Waals surface area contributed by atoms with Gasteiger partial charge in [0.25, 0.3) is 0 Å². The SMILES string of the molecule is COC(O)N(C)C. The lowest BCUT2D eigenvalue weighted by atomic mass is 10.9. The molecule has 0 aromatic heterocycles. The molecule has 0 radical (unpaired) electrons. The highest BCUT2D eigenvalue weighted by Gasteiger charge is 1.99. The van der Waals surface area contributed by atoms with Crippen LogP contribution in [0.3, 0.4) is 0 Å². The first-order valence-corrected chi connectivity index (χ1v) is 2.05. The van der Waals surface area contributed by atoms with E-state index in [1.165, 1.54) is 7.11 Å². The van der Waals surface area contributed by atoms with Crippen molar-refractivity contribution in [2.75, 3.05) is 21.2 Å². The zero-order valence-electron chi connectivity index (χ0n) is 4.88. The van der Waals surface area contributed by atoms with Crippen LogP contribution >= 0.6 is 0 Å². The molecule has 0 heterocycles. The van der Waals surface area contributed by atoms with Crippen molar-refractivity contribution in [2.45, 2.75) is 6.41 Å². The number of nitrogens with zero attached hydrogens (tertiary/aromatic N) is 1. The molecule has 0 saturated heterocycles. The Morgan fingerprint density at radius 2 is 2.00 bits per heavy atom. The van der Waals surface area contributed by atoms with E-state index in [9.17, 15) is 0 Å². The Morgan fingerprint density at radius 3 is 2.00 bits per heavy atom. The van der Waals surface area contributed by atoms with E-state index < -0.39 is 6.41 Å². The van der Waals surface area contributed by atoms with Crippen molar-refractivity contribution in [3.8, 4) is 0 Å². The van der Waals surface area contributed by atoms with Crippen molar-refractivity contribution >= 4 is 0 Å². The first kappa shape index (κ1) is 6.88. The molecule has 44 valence electrons. The van der Waals surface area contributed by atoms with E-state index in [4.69, 9.17) is 5.11 Å². The van der Waals surface area contributed by atoms with E-state index in [0.29, 0.717) is 0 Å². The van der Waals surface area contributed by atoms with Crippen molar-refractivity contribution < 1.29 is 9.84 Å². The molecule has 0 amide bonds. The van der Waals surface area contributed by atoms with Gasteiger partial charge < -0.3 is 9.84 Å². The minimum Gasteiger partial charge on any atom is -0.356 e. The fraction of sp³-hybridized carbons (Fsp3) is 1.00. The van der Waals surface area contributed by atoms with E-state index >= 15 is 0 Å². The van der Waals surface area contributed by atoms with E-state index in [1.54, 1.807) is 19.0 Å². The number of hydrogen-bond donors (Lipinski definition) is 1. The average Bonchev–Trinajstić information content (AvgIpc) is 1.65. The maximum absolute atomic E-state index is 8.64. The molecule has 1 atom stereocenters. The normalized spacial score (nSPS) is 15.0. The van der Waals surface area contributed by atoms with Crippen LogP contribution in [0.25, 0.3) is 0 Å². The molecular weight excluding hydrogens is 94.0 g/mol. The first-order chi connectivity index (χ1) is 3.18. The second-order valence-corrected chi connectivity index (χ2v) is 1.53. The van der Waals surface area contributed by atoms with Crippen LogP contribution in [0.5, 0.6) is 0 Å². The summed E-state index contributed by atoms with van der Waals surface area (Å²) in [4.78, 5) is 1.56. The molecule has 1 unspecified atom stereocenters. The van der Waals surface area contributed by atoms with E-state index in [2.05, 4.69) is 4.74 Å². The molecule has 0 aromatic carbocycles. The van der Waals surface area contributed by atoms with Crippen molar-refractivity contribution in [2.24, 2.45) is 0 Å². The maximum Gasteiger partial charge on any atom is 0.215 e. The Balaban J connectivity index is 3.14. The molecule has 3 nitrogen and oxygen atoms in total. The van der Waals surface area contributed by atoms with Crippen LogP contribution in [0.15, 0.2) is 0 Å². The van der Waals surface area contributed by atoms with Gasteiger partial charge in [0.15, 0.2) is 0 Å². The molecule has 0 aliphatic carbocycles. The summed E-state index contributed by atoms with van der Waals surface area (Å²) in [6.07, 6.45) is -0.764. The summed E-state index contributed by atoms with van der Waals surface area (Å²) in [5, 5.41) is 8.64. The summed E-state index contributed by atoms with van der Waals surface area (Å²) in [7, 11) is 4.91. The highest BCUT2D eigenvalue weighted by atomic mass is 16.6. The van der Waals surface area contributed by atoms with Gasteiger partial charge in [-0.3, -0.25) is 4.90 Å². The van der Waals surface area contributed by atoms with Gasteiger partial charge in [-0.05, 0) is 14.1 Å². The van der Waals surface area contributed by atoms with Crippen LogP contribution in [-0.4, -0.2) is 37.6 Å². The van der Waals surface area contributed by atoms with E-state index in [1.807, 2.05) is 0 Å². The molecule has 3 heteroatoms. The third-order valence-corrected chi connectivity index (χ3v) is 0.653. The highest BCUT2D eigenvalue weighted by molar-refractivity contribution is 4.29. The smallest absolute Gasteiger partial charge is 0.215 e. The second-order valence-electron chi connectivity index (χ2n) is 1.53. The number of methoxy groups -OCH3 is 1. The summed E-state index contributed by atoms with van der Waals surface area (Å²) in [5.74, 6) is 0. The molecule has 0 aliphatic heterocycles. The molecule has 0 saturated carbocycles. The summed E-state index contributed by atoms with van der Waals surface area (Å²) >= 11 is 0. The number of rotatable bonds is 2. The molecule has 7 heavy (non-hydrogen) atoms. The number of aliphatic hydroxyl groups is 1. The zero-order valence-corrected chi connectivity index (χ0v) is 4.88. The molecule has 0 aromatic rings. The number of aliphatic hydroxyl groups excluding tert-OH is 1. The molecule has 0 fully saturated rings. The monoisotopic (exact) mass is 105 g/mol. The van der Waals surface area contributed by atoms with Gasteiger partial charge in [-0.2, -0.15) is 0 Å². The molecule has 0 spiro atoms. The van der Waals surface area contributed by atoms with Crippen LogP contribution in [0.2, 0.25) is 0 Å². The van der Waals surface area contributed by atoms with Crippen LogP contribution in [0, 0.1) is 0 Å². The molecule has 0 rings (SSSR count). The lowest BCUT2D eigenvalue weighted by molar-refractivity contribution is -0.158. The lowest BCUT2D eigenvalue weighted by Gasteiger charge is -2.14. The topological polar surface area (TPSA) is 32.7 Å². The van der Waals surface area contributed by atoms with Crippen molar-refractivity contribution in [3.63, 3.8) is 0 Å². The summed E-state index contributed by atoms with van der Waals surface area (Å²) in [6, 6.07) is 0. The van der Waals surface area contributed by atoms with Crippen LogP contribution in [0.4, 0.5) is 0 Å². The van der Waals surface area contributed by atoms with Gasteiger partial charge in [0.2, 0.25) is 6.41 Å². The minimum atomic E-state index is -0.764. The first-order valence-electron chi connectivity index (χ1n) is 2.05. The summed E-state index contributed by atoms with van der Waals surface area (Å²) in [6.45, 7) is 0. The van der Waals surface area contributed by atoms with E-state index in [-0.39, 0.29) is 0 Å². The fourth-order valence-corrected chi connectivity index (χ4v) is 0.211. The molecule has 0 bridgehead atoms. The second kappa shape index (κ2) is 2.96. The molecule has 1 N–H and O–H groups in total. The minimum absolute atomic E-state index is 0.764. The number of hydrogen-bond acceptors (Lipinski definition) is 3. The molecular formula is C4H11NO2. The predicted molar refractivity (Wildman–Crippen MR) is 26.7 cm³/mol. The third-order valence-electron chi connectivity index (χ3n) is 0.653. The van der Waals surface area contributed by atoms with Crippen LogP contribution in [-0.2, 0) is 4.74 Å². The van der Waals surface area contributed by atoms with Crippen LogP contribution in [0.1, 0.15) is 0 Å². The van der Waals surface area contributed by atoms with Gasteiger partial charge in [0.1, 0.15) is 0 Å². The van der Waals surface area contributed by atoms with Gasteiger partial charge in [0.05, 0.1) is 0 Å². The Morgan fingerprint density at radius 1 is 1.57 bits per heavy atom.